The summed E-state index contributed by atoms with van der Waals surface area (Å²) >= 11 is 3.32. The largest absolute Gasteiger partial charge is 0.398 e. The van der Waals surface area contributed by atoms with Crippen molar-refractivity contribution in [3.8, 4) is 0 Å². The first kappa shape index (κ1) is 12.6. The summed E-state index contributed by atoms with van der Waals surface area (Å²) in [7, 11) is 0. The van der Waals surface area contributed by atoms with Gasteiger partial charge in [-0.05, 0) is 53.2 Å². The number of aromatic nitrogens is 1. The molecule has 0 aliphatic carbocycles. The fourth-order valence-corrected chi connectivity index (χ4v) is 1.91. The standard InChI is InChI=1S/C13H12BrN3O/c1-8-10(3-2-6-16-8)13(18)17-9-4-5-12(15)11(14)7-9/h2-7H,15H2,1H3,(H,17,18). The number of carbonyl (C=O) groups is 1. The minimum Gasteiger partial charge on any atom is -0.398 e. The van der Waals surface area contributed by atoms with Crippen LogP contribution in [0.3, 0.4) is 0 Å². The van der Waals surface area contributed by atoms with E-state index in [1.807, 2.05) is 0 Å². The van der Waals surface area contributed by atoms with Gasteiger partial charge in [0.2, 0.25) is 0 Å². The number of rotatable bonds is 2. The van der Waals surface area contributed by atoms with Crippen molar-refractivity contribution < 1.29 is 4.79 Å². The average Bonchev–Trinajstić information content (AvgIpc) is 2.34. The fraction of sp³-hybridized carbons (Fsp3) is 0.0769. The summed E-state index contributed by atoms with van der Waals surface area (Å²) in [5.74, 6) is -0.183. The van der Waals surface area contributed by atoms with E-state index in [1.54, 1.807) is 43.5 Å². The molecule has 0 unspecified atom stereocenters. The molecule has 0 atom stereocenters. The van der Waals surface area contributed by atoms with Crippen molar-refractivity contribution in [3.63, 3.8) is 0 Å². The van der Waals surface area contributed by atoms with Gasteiger partial charge in [0.1, 0.15) is 0 Å². The number of amides is 1. The highest BCUT2D eigenvalue weighted by Crippen LogP contribution is 2.23. The second-order valence-electron chi connectivity index (χ2n) is 3.83. The fourth-order valence-electron chi connectivity index (χ4n) is 1.53. The summed E-state index contributed by atoms with van der Waals surface area (Å²) in [4.78, 5) is 16.1. The first-order valence-electron chi connectivity index (χ1n) is 5.36. The second-order valence-corrected chi connectivity index (χ2v) is 4.68. The Morgan fingerprint density at radius 3 is 2.83 bits per heavy atom. The van der Waals surface area contributed by atoms with Crippen LogP contribution in [0.1, 0.15) is 16.1 Å². The van der Waals surface area contributed by atoms with Crippen LogP contribution in [0.25, 0.3) is 0 Å². The van der Waals surface area contributed by atoms with Crippen LogP contribution in [0.15, 0.2) is 41.0 Å². The zero-order valence-corrected chi connectivity index (χ0v) is 11.4. The molecule has 18 heavy (non-hydrogen) atoms. The Labute approximate surface area is 113 Å². The van der Waals surface area contributed by atoms with Crippen LogP contribution in [0.4, 0.5) is 11.4 Å². The van der Waals surface area contributed by atoms with Crippen molar-refractivity contribution >= 4 is 33.2 Å². The average molecular weight is 306 g/mol. The summed E-state index contributed by atoms with van der Waals surface area (Å²) < 4.78 is 0.753. The van der Waals surface area contributed by atoms with Gasteiger partial charge < -0.3 is 11.1 Å². The molecule has 3 N–H and O–H groups in total. The normalized spacial score (nSPS) is 10.1. The number of nitrogens with two attached hydrogens (primary N) is 1. The van der Waals surface area contributed by atoms with Crippen molar-refractivity contribution in [2.45, 2.75) is 6.92 Å². The quantitative estimate of drug-likeness (QED) is 0.838. The molecular weight excluding hydrogens is 294 g/mol. The molecule has 4 nitrogen and oxygen atoms in total. The van der Waals surface area contributed by atoms with Gasteiger partial charge in [0.15, 0.2) is 0 Å². The van der Waals surface area contributed by atoms with Gasteiger partial charge in [-0.3, -0.25) is 9.78 Å². The number of nitrogens with zero attached hydrogens (tertiary/aromatic N) is 1. The number of halogens is 1. The molecule has 1 amide bonds. The van der Waals surface area contributed by atoms with E-state index in [-0.39, 0.29) is 5.91 Å². The van der Waals surface area contributed by atoms with Gasteiger partial charge in [-0.1, -0.05) is 0 Å². The molecule has 0 saturated heterocycles. The summed E-state index contributed by atoms with van der Waals surface area (Å²) in [6.07, 6.45) is 1.66. The number of aryl methyl sites for hydroxylation is 1. The molecule has 1 aromatic carbocycles. The SMILES string of the molecule is Cc1ncccc1C(=O)Nc1ccc(N)c(Br)c1. The van der Waals surface area contributed by atoms with Gasteiger partial charge in [0, 0.05) is 27.7 Å². The summed E-state index contributed by atoms with van der Waals surface area (Å²) in [5, 5.41) is 2.80. The molecule has 0 spiro atoms. The zero-order chi connectivity index (χ0) is 13.1. The van der Waals surface area contributed by atoms with E-state index >= 15 is 0 Å². The van der Waals surface area contributed by atoms with Crippen LogP contribution in [0.5, 0.6) is 0 Å². The number of nitrogen functional groups attached to an aromatic ring is 1. The van der Waals surface area contributed by atoms with Crippen molar-refractivity contribution in [3.05, 3.63) is 52.3 Å². The Balaban J connectivity index is 2.22. The lowest BCUT2D eigenvalue weighted by Gasteiger charge is -2.08. The Hall–Kier alpha value is -1.88. The third-order valence-corrected chi connectivity index (χ3v) is 3.20. The number of hydrogen-bond acceptors (Lipinski definition) is 3. The van der Waals surface area contributed by atoms with E-state index in [2.05, 4.69) is 26.2 Å². The number of benzene rings is 1. The van der Waals surface area contributed by atoms with E-state index in [0.717, 1.165) is 4.47 Å². The Morgan fingerprint density at radius 1 is 1.39 bits per heavy atom. The maximum Gasteiger partial charge on any atom is 0.257 e. The van der Waals surface area contributed by atoms with E-state index in [4.69, 9.17) is 5.73 Å². The molecule has 0 saturated carbocycles. The highest BCUT2D eigenvalue weighted by atomic mass is 79.9. The molecule has 1 aromatic heterocycles. The lowest BCUT2D eigenvalue weighted by atomic mass is 10.2. The predicted molar refractivity (Wildman–Crippen MR) is 75.5 cm³/mol. The molecule has 92 valence electrons. The number of hydrogen-bond donors (Lipinski definition) is 2. The molecule has 0 aliphatic rings. The van der Waals surface area contributed by atoms with Gasteiger partial charge in [0.25, 0.3) is 5.91 Å². The number of anilines is 2. The van der Waals surface area contributed by atoms with Gasteiger partial charge >= 0.3 is 0 Å². The first-order valence-corrected chi connectivity index (χ1v) is 6.15. The zero-order valence-electron chi connectivity index (χ0n) is 9.77. The Morgan fingerprint density at radius 2 is 2.17 bits per heavy atom. The van der Waals surface area contributed by atoms with Crippen molar-refractivity contribution in [1.82, 2.24) is 4.98 Å². The van der Waals surface area contributed by atoms with Crippen molar-refractivity contribution in [1.29, 1.82) is 0 Å². The molecule has 0 bridgehead atoms. The molecule has 0 aliphatic heterocycles. The highest BCUT2D eigenvalue weighted by Gasteiger charge is 2.09. The smallest absolute Gasteiger partial charge is 0.257 e. The molecule has 1 heterocycles. The number of carbonyl (C=O) groups excluding carboxylic acids is 1. The van der Waals surface area contributed by atoms with Crippen molar-refractivity contribution in [2.75, 3.05) is 11.1 Å². The molecular formula is C13H12BrN3O. The van der Waals surface area contributed by atoms with Crippen LogP contribution < -0.4 is 11.1 Å². The third-order valence-electron chi connectivity index (χ3n) is 2.51. The highest BCUT2D eigenvalue weighted by molar-refractivity contribution is 9.10. The Bertz CT molecular complexity index is 599. The van der Waals surface area contributed by atoms with Crippen LogP contribution in [0.2, 0.25) is 0 Å². The minimum atomic E-state index is -0.183. The van der Waals surface area contributed by atoms with E-state index in [0.29, 0.717) is 22.6 Å². The predicted octanol–water partition coefficient (Wildman–Crippen LogP) is 2.99. The summed E-state index contributed by atoms with van der Waals surface area (Å²) in [5.41, 5.74) is 8.26. The number of nitrogens with one attached hydrogen (secondary N) is 1. The van der Waals surface area contributed by atoms with E-state index in [1.165, 1.54) is 0 Å². The van der Waals surface area contributed by atoms with Gasteiger partial charge in [-0.15, -0.1) is 0 Å². The molecule has 2 rings (SSSR count). The third kappa shape index (κ3) is 2.68. The van der Waals surface area contributed by atoms with Crippen molar-refractivity contribution in [2.24, 2.45) is 0 Å². The molecule has 5 heteroatoms. The molecule has 0 fully saturated rings. The Kier molecular flexibility index (Phi) is 3.62. The van der Waals surface area contributed by atoms with Crippen LogP contribution in [-0.4, -0.2) is 10.9 Å². The summed E-state index contributed by atoms with van der Waals surface area (Å²) in [6.45, 7) is 1.80. The maximum absolute atomic E-state index is 12.0. The number of pyridine rings is 1. The van der Waals surface area contributed by atoms with Crippen LogP contribution in [0, 0.1) is 6.92 Å². The van der Waals surface area contributed by atoms with Gasteiger partial charge in [-0.2, -0.15) is 0 Å². The van der Waals surface area contributed by atoms with Crippen LogP contribution >= 0.6 is 15.9 Å². The van der Waals surface area contributed by atoms with E-state index < -0.39 is 0 Å². The van der Waals surface area contributed by atoms with Crippen LogP contribution in [-0.2, 0) is 0 Å². The molecule has 0 radical (unpaired) electrons. The topological polar surface area (TPSA) is 68.0 Å². The van der Waals surface area contributed by atoms with Gasteiger partial charge in [0.05, 0.1) is 5.56 Å². The lowest BCUT2D eigenvalue weighted by molar-refractivity contribution is 0.102. The summed E-state index contributed by atoms with van der Waals surface area (Å²) in [6, 6.07) is 8.73. The molecule has 2 aromatic rings. The lowest BCUT2D eigenvalue weighted by Crippen LogP contribution is -2.14. The first-order chi connectivity index (χ1) is 8.58. The second kappa shape index (κ2) is 5.18. The monoisotopic (exact) mass is 305 g/mol. The van der Waals surface area contributed by atoms with E-state index in [9.17, 15) is 4.79 Å². The maximum atomic E-state index is 12.0. The minimum absolute atomic E-state index is 0.183. The van der Waals surface area contributed by atoms with Gasteiger partial charge in [-0.25, -0.2) is 0 Å².